The van der Waals surface area contributed by atoms with Gasteiger partial charge in [-0.3, -0.25) is 9.59 Å². The minimum absolute atomic E-state index is 0.128. The second-order valence-corrected chi connectivity index (χ2v) is 5.95. The maximum absolute atomic E-state index is 12.7. The standard InChI is InChI=1S/C20H21F3N2O3/c1-2-28-17-9-4-3-8-16(17)25-19(27)13-18(26)24-11-10-14-6-5-7-15(12-14)20(21,22)23/h3-9,12H,2,10-11,13H2,1H3,(H,24,26)(H,25,27). The van der Waals surface area contributed by atoms with E-state index in [-0.39, 0.29) is 13.0 Å². The molecule has 28 heavy (non-hydrogen) atoms. The number of rotatable bonds is 8. The molecule has 0 aliphatic heterocycles. The third-order valence-corrected chi connectivity index (χ3v) is 3.77. The van der Waals surface area contributed by atoms with E-state index in [4.69, 9.17) is 4.74 Å². The number of para-hydroxylation sites is 2. The van der Waals surface area contributed by atoms with Gasteiger partial charge >= 0.3 is 6.18 Å². The number of hydrogen-bond acceptors (Lipinski definition) is 3. The number of carbonyl (C=O) groups is 2. The van der Waals surface area contributed by atoms with Gasteiger partial charge in [0.1, 0.15) is 12.2 Å². The van der Waals surface area contributed by atoms with Crippen LogP contribution in [0.1, 0.15) is 24.5 Å². The molecule has 0 fully saturated rings. The first-order valence-electron chi connectivity index (χ1n) is 8.74. The van der Waals surface area contributed by atoms with Crippen LogP contribution in [0.4, 0.5) is 18.9 Å². The maximum atomic E-state index is 12.7. The lowest BCUT2D eigenvalue weighted by molar-refractivity contribution is -0.137. The lowest BCUT2D eigenvalue weighted by atomic mass is 10.1. The molecule has 8 heteroatoms. The Morgan fingerprint density at radius 3 is 2.50 bits per heavy atom. The SMILES string of the molecule is CCOc1ccccc1NC(=O)CC(=O)NCCc1cccc(C(F)(F)F)c1. The highest BCUT2D eigenvalue weighted by molar-refractivity contribution is 6.04. The molecule has 0 unspecified atom stereocenters. The van der Waals surface area contributed by atoms with Gasteiger partial charge < -0.3 is 15.4 Å². The van der Waals surface area contributed by atoms with Crippen LogP contribution >= 0.6 is 0 Å². The number of alkyl halides is 3. The molecule has 2 rings (SSSR count). The first kappa shape index (κ1) is 21.3. The molecular formula is C20H21F3N2O3. The lowest BCUT2D eigenvalue weighted by Crippen LogP contribution is -2.29. The maximum Gasteiger partial charge on any atom is 0.416 e. The number of benzene rings is 2. The molecule has 2 aromatic carbocycles. The van der Waals surface area contributed by atoms with Crippen LogP contribution in [0.3, 0.4) is 0 Å². The van der Waals surface area contributed by atoms with Gasteiger partial charge in [0.05, 0.1) is 17.9 Å². The number of halogens is 3. The van der Waals surface area contributed by atoms with Crippen molar-refractivity contribution in [2.24, 2.45) is 0 Å². The van der Waals surface area contributed by atoms with Crippen LogP contribution in [0.2, 0.25) is 0 Å². The molecule has 5 nitrogen and oxygen atoms in total. The zero-order valence-corrected chi connectivity index (χ0v) is 15.3. The van der Waals surface area contributed by atoms with E-state index in [2.05, 4.69) is 10.6 Å². The summed E-state index contributed by atoms with van der Waals surface area (Å²) in [5, 5.41) is 5.14. The summed E-state index contributed by atoms with van der Waals surface area (Å²) in [7, 11) is 0. The number of amides is 2. The van der Waals surface area contributed by atoms with Gasteiger partial charge in [-0.15, -0.1) is 0 Å². The zero-order valence-electron chi connectivity index (χ0n) is 15.3. The van der Waals surface area contributed by atoms with E-state index in [1.807, 2.05) is 6.92 Å². The summed E-state index contributed by atoms with van der Waals surface area (Å²) in [6.45, 7) is 2.38. The number of anilines is 1. The van der Waals surface area contributed by atoms with Crippen molar-refractivity contribution in [3.05, 3.63) is 59.7 Å². The zero-order chi connectivity index (χ0) is 20.6. The van der Waals surface area contributed by atoms with Gasteiger partial charge in [-0.1, -0.05) is 30.3 Å². The molecule has 0 aromatic heterocycles. The number of nitrogens with one attached hydrogen (secondary N) is 2. The Bertz CT molecular complexity index is 822. The molecule has 0 aliphatic carbocycles. The summed E-state index contributed by atoms with van der Waals surface area (Å²) in [6.07, 6.45) is -4.58. The van der Waals surface area contributed by atoms with Gasteiger partial charge in [0.15, 0.2) is 0 Å². The fourth-order valence-corrected chi connectivity index (χ4v) is 2.50. The van der Waals surface area contributed by atoms with E-state index in [0.29, 0.717) is 23.6 Å². The monoisotopic (exact) mass is 394 g/mol. The van der Waals surface area contributed by atoms with Gasteiger partial charge in [-0.05, 0) is 37.1 Å². The predicted octanol–water partition coefficient (Wildman–Crippen LogP) is 3.79. The first-order valence-corrected chi connectivity index (χ1v) is 8.74. The van der Waals surface area contributed by atoms with Gasteiger partial charge in [0.2, 0.25) is 11.8 Å². The Balaban J connectivity index is 1.81. The van der Waals surface area contributed by atoms with Crippen molar-refractivity contribution < 1.29 is 27.5 Å². The van der Waals surface area contributed by atoms with Crippen LogP contribution in [0, 0.1) is 0 Å². The summed E-state index contributed by atoms with van der Waals surface area (Å²) in [5.41, 5.74) is 0.181. The molecule has 0 atom stereocenters. The summed E-state index contributed by atoms with van der Waals surface area (Å²) in [6, 6.07) is 11.8. The summed E-state index contributed by atoms with van der Waals surface area (Å²) < 4.78 is 43.5. The summed E-state index contributed by atoms with van der Waals surface area (Å²) in [5.74, 6) is -0.523. The minimum atomic E-state index is -4.41. The molecule has 0 spiro atoms. The molecule has 0 bridgehead atoms. The van der Waals surface area contributed by atoms with Crippen molar-refractivity contribution >= 4 is 17.5 Å². The molecule has 0 saturated carbocycles. The van der Waals surface area contributed by atoms with E-state index < -0.39 is 30.0 Å². The van der Waals surface area contributed by atoms with Crippen LogP contribution in [0.25, 0.3) is 0 Å². The molecule has 0 aliphatic rings. The molecule has 2 aromatic rings. The smallest absolute Gasteiger partial charge is 0.416 e. The number of ether oxygens (including phenoxy) is 1. The normalized spacial score (nSPS) is 11.0. The molecule has 0 radical (unpaired) electrons. The summed E-state index contributed by atoms with van der Waals surface area (Å²) in [4.78, 5) is 23.9. The highest BCUT2D eigenvalue weighted by Gasteiger charge is 2.30. The van der Waals surface area contributed by atoms with Crippen molar-refractivity contribution in [1.82, 2.24) is 5.32 Å². The second kappa shape index (κ2) is 9.77. The van der Waals surface area contributed by atoms with Crippen molar-refractivity contribution in [3.63, 3.8) is 0 Å². The van der Waals surface area contributed by atoms with Crippen LogP contribution in [0.5, 0.6) is 5.75 Å². The van der Waals surface area contributed by atoms with Crippen molar-refractivity contribution in [2.75, 3.05) is 18.5 Å². The molecular weight excluding hydrogens is 373 g/mol. The van der Waals surface area contributed by atoms with Crippen LogP contribution in [0.15, 0.2) is 48.5 Å². The highest BCUT2D eigenvalue weighted by atomic mass is 19.4. The van der Waals surface area contributed by atoms with Crippen LogP contribution in [-0.4, -0.2) is 25.0 Å². The fourth-order valence-electron chi connectivity index (χ4n) is 2.50. The predicted molar refractivity (Wildman–Crippen MR) is 99.0 cm³/mol. The Hall–Kier alpha value is -3.03. The van der Waals surface area contributed by atoms with Crippen LogP contribution < -0.4 is 15.4 Å². The first-order chi connectivity index (χ1) is 13.3. The second-order valence-electron chi connectivity index (χ2n) is 5.95. The number of hydrogen-bond donors (Lipinski definition) is 2. The lowest BCUT2D eigenvalue weighted by Gasteiger charge is -2.11. The molecule has 2 N–H and O–H groups in total. The largest absolute Gasteiger partial charge is 0.492 e. The third-order valence-electron chi connectivity index (χ3n) is 3.77. The van der Waals surface area contributed by atoms with Crippen molar-refractivity contribution in [2.45, 2.75) is 25.9 Å². The summed E-state index contributed by atoms with van der Waals surface area (Å²) >= 11 is 0. The molecule has 0 heterocycles. The Kier molecular flexibility index (Phi) is 7.43. The van der Waals surface area contributed by atoms with Crippen LogP contribution in [-0.2, 0) is 22.2 Å². The molecule has 0 saturated heterocycles. The topological polar surface area (TPSA) is 67.4 Å². The quantitative estimate of drug-likeness (QED) is 0.670. The fraction of sp³-hybridized carbons (Fsp3) is 0.300. The Morgan fingerprint density at radius 1 is 1.04 bits per heavy atom. The molecule has 150 valence electrons. The van der Waals surface area contributed by atoms with E-state index in [0.717, 1.165) is 12.1 Å². The third kappa shape index (κ3) is 6.61. The van der Waals surface area contributed by atoms with Gasteiger partial charge in [0.25, 0.3) is 0 Å². The van der Waals surface area contributed by atoms with Gasteiger partial charge in [-0.25, -0.2) is 0 Å². The average molecular weight is 394 g/mol. The number of carbonyl (C=O) groups excluding carboxylic acids is 2. The average Bonchev–Trinajstić information content (AvgIpc) is 2.63. The van der Waals surface area contributed by atoms with Gasteiger partial charge in [0, 0.05) is 6.54 Å². The Labute approximate surface area is 160 Å². The van der Waals surface area contributed by atoms with Gasteiger partial charge in [-0.2, -0.15) is 13.2 Å². The molecule has 2 amide bonds. The van der Waals surface area contributed by atoms with E-state index in [1.165, 1.54) is 6.07 Å². The Morgan fingerprint density at radius 2 is 1.79 bits per heavy atom. The minimum Gasteiger partial charge on any atom is -0.492 e. The van der Waals surface area contributed by atoms with Crippen molar-refractivity contribution in [1.29, 1.82) is 0 Å². The van der Waals surface area contributed by atoms with Crippen molar-refractivity contribution in [3.8, 4) is 5.75 Å². The highest BCUT2D eigenvalue weighted by Crippen LogP contribution is 2.29. The van der Waals surface area contributed by atoms with E-state index in [9.17, 15) is 22.8 Å². The van der Waals surface area contributed by atoms with E-state index >= 15 is 0 Å². The van der Waals surface area contributed by atoms with E-state index in [1.54, 1.807) is 30.3 Å².